The van der Waals surface area contributed by atoms with Crippen LogP contribution in [0.4, 0.5) is 0 Å². The highest BCUT2D eigenvalue weighted by Crippen LogP contribution is 2.21. The standard InChI is InChI=1S/C22H20ClN3O4/c1-25-19(13-30-12-14-6-5-7-15(10-14)29-2)21-17(11-20(25)27)24-26(22(21)28)18-9-4-3-8-16(18)23/h3-11,24H,12-13H2,1-2H3. The van der Waals surface area contributed by atoms with Crippen molar-refractivity contribution < 1.29 is 9.47 Å². The summed E-state index contributed by atoms with van der Waals surface area (Å²) in [5, 5.41) is 3.80. The Labute approximate surface area is 177 Å². The first-order valence-corrected chi connectivity index (χ1v) is 9.66. The molecule has 154 valence electrons. The highest BCUT2D eigenvalue weighted by molar-refractivity contribution is 6.32. The lowest BCUT2D eigenvalue weighted by atomic mass is 10.2. The fraction of sp³-hybridized carbons (Fsp3) is 0.182. The minimum absolute atomic E-state index is 0.0932. The Kier molecular flexibility index (Phi) is 5.48. The zero-order valence-electron chi connectivity index (χ0n) is 16.5. The van der Waals surface area contributed by atoms with Crippen molar-refractivity contribution in [2.45, 2.75) is 13.2 Å². The number of para-hydroxylation sites is 1. The number of H-pyrrole nitrogens is 1. The van der Waals surface area contributed by atoms with Crippen LogP contribution in [0.15, 0.2) is 64.2 Å². The van der Waals surface area contributed by atoms with Crippen LogP contribution in [0.25, 0.3) is 16.6 Å². The molecule has 0 fully saturated rings. The molecule has 7 nitrogen and oxygen atoms in total. The van der Waals surface area contributed by atoms with E-state index in [2.05, 4.69) is 5.10 Å². The third-order valence-corrected chi connectivity index (χ3v) is 5.27. The van der Waals surface area contributed by atoms with Crippen LogP contribution in [0.5, 0.6) is 5.75 Å². The van der Waals surface area contributed by atoms with Crippen LogP contribution in [-0.4, -0.2) is 21.5 Å². The predicted octanol–water partition coefficient (Wildman–Crippen LogP) is 3.40. The van der Waals surface area contributed by atoms with E-state index in [1.807, 2.05) is 24.3 Å². The van der Waals surface area contributed by atoms with E-state index >= 15 is 0 Å². The van der Waals surface area contributed by atoms with Gasteiger partial charge in [0.2, 0.25) is 0 Å². The quantitative estimate of drug-likeness (QED) is 0.513. The molecular weight excluding hydrogens is 406 g/mol. The minimum atomic E-state index is -0.298. The fourth-order valence-corrected chi connectivity index (χ4v) is 3.58. The van der Waals surface area contributed by atoms with Crippen LogP contribution in [-0.2, 0) is 25.0 Å². The monoisotopic (exact) mass is 425 g/mol. The number of aromatic amines is 1. The lowest BCUT2D eigenvalue weighted by Crippen LogP contribution is -2.22. The van der Waals surface area contributed by atoms with E-state index in [0.29, 0.717) is 33.9 Å². The Morgan fingerprint density at radius 2 is 1.83 bits per heavy atom. The molecule has 0 saturated carbocycles. The first-order valence-electron chi connectivity index (χ1n) is 9.29. The van der Waals surface area contributed by atoms with Crippen LogP contribution in [0.2, 0.25) is 5.02 Å². The van der Waals surface area contributed by atoms with Crippen molar-refractivity contribution in [3.05, 3.63) is 91.6 Å². The Balaban J connectivity index is 1.72. The number of fused-ring (bicyclic) bond motifs is 1. The van der Waals surface area contributed by atoms with Gasteiger partial charge < -0.3 is 14.0 Å². The molecule has 0 spiro atoms. The van der Waals surface area contributed by atoms with Crippen LogP contribution < -0.4 is 15.9 Å². The third-order valence-electron chi connectivity index (χ3n) is 4.95. The molecule has 0 saturated heterocycles. The Hall–Kier alpha value is -3.29. The lowest BCUT2D eigenvalue weighted by Gasteiger charge is -2.10. The van der Waals surface area contributed by atoms with E-state index in [1.165, 1.54) is 15.3 Å². The maximum atomic E-state index is 13.2. The van der Waals surface area contributed by atoms with Crippen molar-refractivity contribution in [3.8, 4) is 11.4 Å². The van der Waals surface area contributed by atoms with Gasteiger partial charge in [0.15, 0.2) is 0 Å². The number of aromatic nitrogens is 3. The maximum Gasteiger partial charge on any atom is 0.281 e. The van der Waals surface area contributed by atoms with Crippen molar-refractivity contribution in [1.82, 2.24) is 14.3 Å². The average molecular weight is 426 g/mol. The van der Waals surface area contributed by atoms with Gasteiger partial charge in [-0.25, -0.2) is 4.68 Å². The smallest absolute Gasteiger partial charge is 0.281 e. The summed E-state index contributed by atoms with van der Waals surface area (Å²) in [5.41, 5.74) is 1.83. The zero-order chi connectivity index (χ0) is 21.3. The summed E-state index contributed by atoms with van der Waals surface area (Å²) in [6.45, 7) is 0.404. The zero-order valence-corrected chi connectivity index (χ0v) is 17.3. The molecule has 0 bridgehead atoms. The molecule has 4 rings (SSSR count). The Morgan fingerprint density at radius 1 is 1.03 bits per heavy atom. The van der Waals surface area contributed by atoms with Gasteiger partial charge in [0, 0.05) is 13.1 Å². The fourth-order valence-electron chi connectivity index (χ4n) is 3.36. The van der Waals surface area contributed by atoms with Gasteiger partial charge in [-0.3, -0.25) is 14.7 Å². The number of nitrogens with zero attached hydrogens (tertiary/aromatic N) is 2. The molecular formula is C22H20ClN3O4. The van der Waals surface area contributed by atoms with E-state index in [0.717, 1.165) is 11.3 Å². The molecule has 0 amide bonds. The third kappa shape index (κ3) is 3.65. The molecule has 2 heterocycles. The highest BCUT2D eigenvalue weighted by Gasteiger charge is 2.17. The number of rotatable bonds is 6. The number of pyridine rings is 1. The largest absolute Gasteiger partial charge is 0.497 e. The first kappa shape index (κ1) is 20.0. The maximum absolute atomic E-state index is 13.2. The average Bonchev–Trinajstić information content (AvgIpc) is 3.07. The molecule has 0 radical (unpaired) electrons. The molecule has 0 unspecified atom stereocenters. The molecule has 1 N–H and O–H groups in total. The van der Waals surface area contributed by atoms with Crippen molar-refractivity contribution in [3.63, 3.8) is 0 Å². The number of benzene rings is 2. The van der Waals surface area contributed by atoms with Gasteiger partial charge in [-0.15, -0.1) is 0 Å². The van der Waals surface area contributed by atoms with Gasteiger partial charge >= 0.3 is 0 Å². The first-order chi connectivity index (χ1) is 14.5. The van der Waals surface area contributed by atoms with E-state index in [4.69, 9.17) is 21.1 Å². The molecule has 0 aliphatic rings. The summed E-state index contributed by atoms with van der Waals surface area (Å²) in [6.07, 6.45) is 0. The second kappa shape index (κ2) is 8.22. The molecule has 0 atom stereocenters. The van der Waals surface area contributed by atoms with Crippen molar-refractivity contribution in [1.29, 1.82) is 0 Å². The van der Waals surface area contributed by atoms with Gasteiger partial charge in [-0.2, -0.15) is 0 Å². The topological polar surface area (TPSA) is 78.2 Å². The van der Waals surface area contributed by atoms with E-state index in [-0.39, 0.29) is 17.7 Å². The van der Waals surface area contributed by atoms with Gasteiger partial charge in [-0.05, 0) is 29.8 Å². The predicted molar refractivity (Wildman–Crippen MR) is 116 cm³/mol. The van der Waals surface area contributed by atoms with Crippen molar-refractivity contribution in [2.24, 2.45) is 7.05 Å². The second-order valence-electron chi connectivity index (χ2n) is 6.83. The Bertz CT molecular complexity index is 1340. The van der Waals surface area contributed by atoms with Crippen molar-refractivity contribution in [2.75, 3.05) is 7.11 Å². The number of methoxy groups -OCH3 is 1. The number of ether oxygens (including phenoxy) is 2. The number of halogens is 1. The normalized spacial score (nSPS) is 11.2. The van der Waals surface area contributed by atoms with Gasteiger partial charge in [-0.1, -0.05) is 35.9 Å². The number of hydrogen-bond acceptors (Lipinski definition) is 4. The summed E-state index contributed by atoms with van der Waals surface area (Å²) in [6, 6.07) is 15.9. The summed E-state index contributed by atoms with van der Waals surface area (Å²) < 4.78 is 13.8. The summed E-state index contributed by atoms with van der Waals surface area (Å²) in [7, 11) is 3.23. The van der Waals surface area contributed by atoms with Crippen LogP contribution in [0.3, 0.4) is 0 Å². The molecule has 0 aliphatic heterocycles. The lowest BCUT2D eigenvalue weighted by molar-refractivity contribution is 0.103. The van der Waals surface area contributed by atoms with E-state index in [9.17, 15) is 9.59 Å². The van der Waals surface area contributed by atoms with Crippen LogP contribution in [0.1, 0.15) is 11.3 Å². The van der Waals surface area contributed by atoms with Gasteiger partial charge in [0.1, 0.15) is 5.75 Å². The molecule has 2 aromatic heterocycles. The molecule has 0 aliphatic carbocycles. The molecule has 4 aromatic rings. The van der Waals surface area contributed by atoms with Gasteiger partial charge in [0.05, 0.1) is 47.6 Å². The van der Waals surface area contributed by atoms with Crippen LogP contribution >= 0.6 is 11.6 Å². The molecule has 2 aromatic carbocycles. The van der Waals surface area contributed by atoms with Crippen molar-refractivity contribution >= 4 is 22.5 Å². The van der Waals surface area contributed by atoms with Gasteiger partial charge in [0.25, 0.3) is 11.1 Å². The number of hydrogen-bond donors (Lipinski definition) is 1. The summed E-state index contributed by atoms with van der Waals surface area (Å²) in [4.78, 5) is 25.6. The SMILES string of the molecule is COc1cccc(COCc2c3c(=O)n(-c4ccccc4Cl)[nH]c3cc(=O)n2C)c1. The minimum Gasteiger partial charge on any atom is -0.497 e. The summed E-state index contributed by atoms with van der Waals surface area (Å²) >= 11 is 6.26. The van der Waals surface area contributed by atoms with Crippen LogP contribution in [0, 0.1) is 0 Å². The number of nitrogens with one attached hydrogen (secondary N) is 1. The molecule has 30 heavy (non-hydrogen) atoms. The molecule has 8 heteroatoms. The van der Waals surface area contributed by atoms with E-state index in [1.54, 1.807) is 38.4 Å². The van der Waals surface area contributed by atoms with E-state index < -0.39 is 0 Å². The Morgan fingerprint density at radius 3 is 2.60 bits per heavy atom. The summed E-state index contributed by atoms with van der Waals surface area (Å²) in [5.74, 6) is 0.735. The second-order valence-corrected chi connectivity index (χ2v) is 7.23. The highest BCUT2D eigenvalue weighted by atomic mass is 35.5.